The molecule has 16 heavy (non-hydrogen) atoms. The molecule has 0 spiro atoms. The first-order valence-corrected chi connectivity index (χ1v) is 5.00. The number of benzene rings is 1. The summed E-state index contributed by atoms with van der Waals surface area (Å²) in [6, 6.07) is 3.91. The summed E-state index contributed by atoms with van der Waals surface area (Å²) < 4.78 is 13.4. The number of hydrogen-bond donors (Lipinski definition) is 0. The molecule has 0 saturated carbocycles. The van der Waals surface area contributed by atoms with E-state index >= 15 is 0 Å². The lowest BCUT2D eigenvalue weighted by Gasteiger charge is -2.17. The second-order valence-electron chi connectivity index (χ2n) is 3.43. The second-order valence-corrected chi connectivity index (χ2v) is 3.86. The van der Waals surface area contributed by atoms with E-state index in [1.807, 2.05) is 0 Å². The number of amides is 1. The highest BCUT2D eigenvalue weighted by molar-refractivity contribution is 6.31. The summed E-state index contributed by atoms with van der Waals surface area (Å²) in [6.07, 6.45) is -0.248. The zero-order valence-electron chi connectivity index (χ0n) is 8.96. The van der Waals surface area contributed by atoms with Crippen molar-refractivity contribution >= 4 is 29.0 Å². The van der Waals surface area contributed by atoms with Gasteiger partial charge in [0, 0.05) is 12.1 Å². The predicted molar refractivity (Wildman–Crippen MR) is 60.1 cm³/mol. The first-order chi connectivity index (χ1) is 7.41. The van der Waals surface area contributed by atoms with E-state index in [2.05, 4.69) is 0 Å². The van der Waals surface area contributed by atoms with Gasteiger partial charge in [-0.25, -0.2) is 4.39 Å². The Kier molecular flexibility index (Phi) is 4.01. The van der Waals surface area contributed by atoms with Crippen molar-refractivity contribution in [1.82, 2.24) is 0 Å². The minimum atomic E-state index is -0.552. The fourth-order valence-electron chi connectivity index (χ4n) is 1.21. The largest absolute Gasteiger partial charge is 0.312 e. The van der Waals surface area contributed by atoms with Gasteiger partial charge in [0.1, 0.15) is 11.6 Å². The third-order valence-corrected chi connectivity index (χ3v) is 2.28. The van der Waals surface area contributed by atoms with Gasteiger partial charge >= 0.3 is 0 Å². The number of anilines is 1. The number of ketones is 1. The van der Waals surface area contributed by atoms with Crippen molar-refractivity contribution in [3.8, 4) is 0 Å². The Hall–Kier alpha value is -1.42. The zero-order chi connectivity index (χ0) is 12.3. The van der Waals surface area contributed by atoms with E-state index in [0.29, 0.717) is 5.02 Å². The molecular formula is C11H11ClFNO2. The fourth-order valence-corrected chi connectivity index (χ4v) is 1.38. The third-order valence-electron chi connectivity index (χ3n) is 2.04. The van der Waals surface area contributed by atoms with Crippen LogP contribution in [0, 0.1) is 5.82 Å². The molecule has 0 aromatic heterocycles. The van der Waals surface area contributed by atoms with Crippen LogP contribution < -0.4 is 4.90 Å². The van der Waals surface area contributed by atoms with Crippen molar-refractivity contribution in [2.75, 3.05) is 11.9 Å². The number of carbonyl (C=O) groups is 2. The number of rotatable bonds is 3. The van der Waals surface area contributed by atoms with Crippen molar-refractivity contribution < 1.29 is 14.0 Å². The van der Waals surface area contributed by atoms with Crippen LogP contribution in [0.4, 0.5) is 10.1 Å². The number of halogens is 2. The molecule has 0 aliphatic carbocycles. The molecule has 0 aliphatic heterocycles. The lowest BCUT2D eigenvalue weighted by atomic mass is 10.2. The normalized spacial score (nSPS) is 10.0. The smallest absolute Gasteiger partial charge is 0.234 e. The second kappa shape index (κ2) is 5.07. The highest BCUT2D eigenvalue weighted by Crippen LogP contribution is 2.23. The maximum atomic E-state index is 13.4. The van der Waals surface area contributed by atoms with E-state index in [4.69, 9.17) is 11.6 Å². The van der Waals surface area contributed by atoms with Gasteiger partial charge in [0.2, 0.25) is 5.91 Å². The average molecular weight is 244 g/mol. The summed E-state index contributed by atoms with van der Waals surface area (Å²) in [4.78, 5) is 23.4. The third kappa shape index (κ3) is 3.03. The Balaban J connectivity index is 2.95. The van der Waals surface area contributed by atoms with Crippen molar-refractivity contribution in [2.45, 2.75) is 13.3 Å². The fraction of sp³-hybridized carbons (Fsp3) is 0.273. The summed E-state index contributed by atoms with van der Waals surface area (Å²) in [5, 5.41) is 0.332. The van der Waals surface area contributed by atoms with Gasteiger partial charge in [-0.15, -0.1) is 0 Å². The van der Waals surface area contributed by atoms with Gasteiger partial charge in [0.15, 0.2) is 0 Å². The van der Waals surface area contributed by atoms with Crippen molar-refractivity contribution in [2.24, 2.45) is 0 Å². The highest BCUT2D eigenvalue weighted by atomic mass is 35.5. The minimum absolute atomic E-state index is 0.0683. The molecule has 0 bridgehead atoms. The van der Waals surface area contributed by atoms with Crippen LogP contribution in [0.2, 0.25) is 5.02 Å². The van der Waals surface area contributed by atoms with E-state index in [1.165, 1.54) is 32.2 Å². The quantitative estimate of drug-likeness (QED) is 0.765. The average Bonchev–Trinajstić information content (AvgIpc) is 2.19. The summed E-state index contributed by atoms with van der Waals surface area (Å²) in [5.41, 5.74) is 0.0683. The van der Waals surface area contributed by atoms with Gasteiger partial charge in [-0.3, -0.25) is 9.59 Å². The van der Waals surface area contributed by atoms with Crippen LogP contribution in [0.5, 0.6) is 0 Å². The molecule has 0 radical (unpaired) electrons. The highest BCUT2D eigenvalue weighted by Gasteiger charge is 2.16. The summed E-state index contributed by atoms with van der Waals surface area (Å²) >= 11 is 5.70. The Morgan fingerprint density at radius 2 is 2.06 bits per heavy atom. The van der Waals surface area contributed by atoms with Crippen LogP contribution in [0.15, 0.2) is 18.2 Å². The molecule has 0 N–H and O–H groups in total. The summed E-state index contributed by atoms with van der Waals surface area (Å²) in [6.45, 7) is 1.31. The SMILES string of the molecule is CC(=O)CC(=O)N(C)c1cc(Cl)ccc1F. The van der Waals surface area contributed by atoms with E-state index in [9.17, 15) is 14.0 Å². The molecule has 0 aliphatic rings. The summed E-state index contributed by atoms with van der Waals surface area (Å²) in [5.74, 6) is -1.28. The Morgan fingerprint density at radius 1 is 1.44 bits per heavy atom. The first kappa shape index (κ1) is 12.6. The maximum Gasteiger partial charge on any atom is 0.234 e. The monoisotopic (exact) mass is 243 g/mol. The number of hydrogen-bond acceptors (Lipinski definition) is 2. The molecule has 1 amide bonds. The van der Waals surface area contributed by atoms with E-state index in [-0.39, 0.29) is 17.9 Å². The molecule has 0 unspecified atom stereocenters. The van der Waals surface area contributed by atoms with Gasteiger partial charge in [-0.05, 0) is 25.1 Å². The molecular weight excluding hydrogens is 233 g/mol. The molecule has 5 heteroatoms. The van der Waals surface area contributed by atoms with Gasteiger partial charge in [-0.1, -0.05) is 11.6 Å². The van der Waals surface area contributed by atoms with E-state index in [1.54, 1.807) is 0 Å². The van der Waals surface area contributed by atoms with Crippen molar-refractivity contribution in [3.63, 3.8) is 0 Å². The molecule has 0 heterocycles. The number of nitrogens with zero attached hydrogens (tertiary/aromatic N) is 1. The van der Waals surface area contributed by atoms with Gasteiger partial charge in [0.05, 0.1) is 12.1 Å². The van der Waals surface area contributed by atoms with Crippen LogP contribution in [0.3, 0.4) is 0 Å². The topological polar surface area (TPSA) is 37.4 Å². The Labute approximate surface area is 97.8 Å². The lowest BCUT2D eigenvalue weighted by Crippen LogP contribution is -2.28. The van der Waals surface area contributed by atoms with Gasteiger partial charge in [0.25, 0.3) is 0 Å². The molecule has 0 saturated heterocycles. The maximum absolute atomic E-state index is 13.4. The standard InChI is InChI=1S/C11H11ClFNO2/c1-7(15)5-11(16)14(2)10-6-8(12)3-4-9(10)13/h3-4,6H,5H2,1-2H3. The Morgan fingerprint density at radius 3 is 2.62 bits per heavy atom. The van der Waals surface area contributed by atoms with Crippen LogP contribution in [-0.4, -0.2) is 18.7 Å². The van der Waals surface area contributed by atoms with Crippen molar-refractivity contribution in [1.29, 1.82) is 0 Å². The first-order valence-electron chi connectivity index (χ1n) is 4.63. The molecule has 0 fully saturated rings. The molecule has 0 atom stereocenters. The molecule has 3 nitrogen and oxygen atoms in total. The van der Waals surface area contributed by atoms with E-state index in [0.717, 1.165) is 4.90 Å². The van der Waals surface area contributed by atoms with Crippen molar-refractivity contribution in [3.05, 3.63) is 29.0 Å². The Bertz CT molecular complexity index is 434. The van der Waals surface area contributed by atoms with Crippen LogP contribution in [0.1, 0.15) is 13.3 Å². The number of Topliss-reactive ketones (excluding diaryl/α,β-unsaturated/α-hetero) is 1. The van der Waals surface area contributed by atoms with E-state index < -0.39 is 11.7 Å². The molecule has 1 rings (SSSR count). The molecule has 1 aromatic carbocycles. The van der Waals surface area contributed by atoms with Crippen LogP contribution >= 0.6 is 11.6 Å². The van der Waals surface area contributed by atoms with Crippen LogP contribution in [-0.2, 0) is 9.59 Å². The minimum Gasteiger partial charge on any atom is -0.312 e. The predicted octanol–water partition coefficient (Wildman–Crippen LogP) is 2.42. The zero-order valence-corrected chi connectivity index (χ0v) is 9.71. The summed E-state index contributed by atoms with van der Waals surface area (Å²) in [7, 11) is 1.40. The van der Waals surface area contributed by atoms with Gasteiger partial charge in [-0.2, -0.15) is 0 Å². The van der Waals surface area contributed by atoms with Gasteiger partial charge < -0.3 is 4.90 Å². The lowest BCUT2D eigenvalue weighted by molar-refractivity contribution is -0.125. The van der Waals surface area contributed by atoms with Crippen LogP contribution in [0.25, 0.3) is 0 Å². The molecule has 86 valence electrons. The molecule has 1 aromatic rings. The number of carbonyl (C=O) groups excluding carboxylic acids is 2.